The zero-order valence-electron chi connectivity index (χ0n) is 13.2. The number of thiazole rings is 1. The first-order chi connectivity index (χ1) is 11.5. The van der Waals surface area contributed by atoms with Gasteiger partial charge in [-0.15, -0.1) is 11.3 Å². The number of benzene rings is 1. The first-order valence-electron chi connectivity index (χ1n) is 7.75. The maximum atomic E-state index is 13.5. The molecule has 24 heavy (non-hydrogen) atoms. The first-order valence-corrected chi connectivity index (χ1v) is 8.63. The highest BCUT2D eigenvalue weighted by Crippen LogP contribution is 2.44. The zero-order chi connectivity index (χ0) is 17.2. The van der Waals surface area contributed by atoms with Crippen LogP contribution in [0.2, 0.25) is 0 Å². The van der Waals surface area contributed by atoms with E-state index in [1.165, 1.54) is 12.1 Å². The number of nitrogens with one attached hydrogen (secondary N) is 1. The SMILES string of the molecule is CCOC(=O)c1csc(NC(=O)C2(c3cccc(F)c3)CCC2)n1. The Hall–Kier alpha value is -2.28. The molecule has 0 atom stereocenters. The van der Waals surface area contributed by atoms with Crippen molar-refractivity contribution in [3.8, 4) is 0 Å². The van der Waals surface area contributed by atoms with Crippen LogP contribution in [0.3, 0.4) is 0 Å². The van der Waals surface area contributed by atoms with Crippen molar-refractivity contribution >= 4 is 28.3 Å². The third kappa shape index (κ3) is 3.03. The van der Waals surface area contributed by atoms with E-state index in [-0.39, 0.29) is 24.0 Å². The van der Waals surface area contributed by atoms with Crippen molar-refractivity contribution in [2.45, 2.75) is 31.6 Å². The summed E-state index contributed by atoms with van der Waals surface area (Å²) >= 11 is 1.16. The van der Waals surface area contributed by atoms with E-state index in [1.807, 2.05) is 0 Å². The Kier molecular flexibility index (Phi) is 4.62. The Morgan fingerprint density at radius 2 is 2.21 bits per heavy atom. The predicted molar refractivity (Wildman–Crippen MR) is 88.6 cm³/mol. The number of hydrogen-bond acceptors (Lipinski definition) is 5. The average Bonchev–Trinajstić information content (AvgIpc) is 2.95. The number of ether oxygens (including phenoxy) is 1. The molecule has 5 nitrogen and oxygen atoms in total. The Labute approximate surface area is 142 Å². The standard InChI is InChI=1S/C17H17FN2O3S/c1-2-23-14(21)13-10-24-16(19-13)20-15(22)17(7-4-8-17)11-5-3-6-12(18)9-11/h3,5-6,9-10H,2,4,7-8H2,1H3,(H,19,20,22). The van der Waals surface area contributed by atoms with E-state index in [9.17, 15) is 14.0 Å². The van der Waals surface area contributed by atoms with Crippen molar-refractivity contribution in [1.82, 2.24) is 4.98 Å². The van der Waals surface area contributed by atoms with Crippen LogP contribution >= 0.6 is 11.3 Å². The van der Waals surface area contributed by atoms with Crippen molar-refractivity contribution in [3.63, 3.8) is 0 Å². The van der Waals surface area contributed by atoms with E-state index >= 15 is 0 Å². The fraction of sp³-hybridized carbons (Fsp3) is 0.353. The molecule has 0 radical (unpaired) electrons. The maximum absolute atomic E-state index is 13.5. The van der Waals surface area contributed by atoms with E-state index in [1.54, 1.807) is 24.4 Å². The van der Waals surface area contributed by atoms with Crippen molar-refractivity contribution in [2.75, 3.05) is 11.9 Å². The van der Waals surface area contributed by atoms with Gasteiger partial charge in [0.15, 0.2) is 10.8 Å². The number of rotatable bonds is 5. The van der Waals surface area contributed by atoms with Gasteiger partial charge < -0.3 is 10.1 Å². The summed E-state index contributed by atoms with van der Waals surface area (Å²) in [6.07, 6.45) is 2.24. The summed E-state index contributed by atoms with van der Waals surface area (Å²) in [5, 5.41) is 4.64. The van der Waals surface area contributed by atoms with E-state index in [0.717, 1.165) is 17.8 Å². The quantitative estimate of drug-likeness (QED) is 0.840. The van der Waals surface area contributed by atoms with Gasteiger partial charge in [0.1, 0.15) is 5.82 Å². The zero-order valence-corrected chi connectivity index (χ0v) is 14.0. The molecule has 126 valence electrons. The topological polar surface area (TPSA) is 68.3 Å². The number of carbonyl (C=O) groups is 2. The van der Waals surface area contributed by atoms with Crippen LogP contribution in [0.1, 0.15) is 42.2 Å². The molecule has 1 fully saturated rings. The minimum atomic E-state index is -0.724. The Bertz CT molecular complexity index is 771. The number of nitrogens with zero attached hydrogens (tertiary/aromatic N) is 1. The molecule has 3 rings (SSSR count). The second kappa shape index (κ2) is 6.68. The van der Waals surface area contributed by atoms with Crippen molar-refractivity contribution < 1.29 is 18.7 Å². The normalized spacial score (nSPS) is 15.4. The van der Waals surface area contributed by atoms with Crippen LogP contribution in [0, 0.1) is 5.82 Å². The molecular weight excluding hydrogens is 331 g/mol. The fourth-order valence-electron chi connectivity index (χ4n) is 2.81. The van der Waals surface area contributed by atoms with Crippen LogP contribution in [-0.2, 0) is 14.9 Å². The number of amides is 1. The molecule has 0 unspecified atom stereocenters. The van der Waals surface area contributed by atoms with Crippen molar-refractivity contribution in [2.24, 2.45) is 0 Å². The number of hydrogen-bond donors (Lipinski definition) is 1. The highest BCUT2D eigenvalue weighted by molar-refractivity contribution is 7.14. The lowest BCUT2D eigenvalue weighted by atomic mass is 9.64. The highest BCUT2D eigenvalue weighted by Gasteiger charge is 2.46. The molecular formula is C17H17FN2O3S. The third-order valence-corrected chi connectivity index (χ3v) is 4.99. The number of halogens is 1. The molecule has 1 aromatic heterocycles. The summed E-state index contributed by atoms with van der Waals surface area (Å²) in [6, 6.07) is 6.15. The second-order valence-corrected chi connectivity index (χ2v) is 6.52. The second-order valence-electron chi connectivity index (χ2n) is 5.66. The lowest BCUT2D eigenvalue weighted by Crippen LogP contribution is -2.46. The van der Waals surface area contributed by atoms with Crippen LogP contribution < -0.4 is 5.32 Å². The van der Waals surface area contributed by atoms with Gasteiger partial charge in [-0.2, -0.15) is 0 Å². The predicted octanol–water partition coefficient (Wildman–Crippen LogP) is 3.52. The van der Waals surface area contributed by atoms with E-state index < -0.39 is 11.4 Å². The molecule has 1 aromatic carbocycles. The Morgan fingerprint density at radius 3 is 2.83 bits per heavy atom. The summed E-state index contributed by atoms with van der Waals surface area (Å²) in [5.74, 6) is -1.09. The smallest absolute Gasteiger partial charge is 0.357 e. The van der Waals surface area contributed by atoms with Gasteiger partial charge in [-0.1, -0.05) is 18.6 Å². The van der Waals surface area contributed by atoms with Gasteiger partial charge in [0.2, 0.25) is 5.91 Å². The molecule has 1 amide bonds. The monoisotopic (exact) mass is 348 g/mol. The van der Waals surface area contributed by atoms with Gasteiger partial charge in [-0.25, -0.2) is 14.2 Å². The Morgan fingerprint density at radius 1 is 1.42 bits per heavy atom. The molecule has 1 N–H and O–H groups in total. The molecule has 2 aromatic rings. The summed E-state index contributed by atoms with van der Waals surface area (Å²) < 4.78 is 18.4. The summed E-state index contributed by atoms with van der Waals surface area (Å²) in [4.78, 5) is 28.5. The maximum Gasteiger partial charge on any atom is 0.357 e. The van der Waals surface area contributed by atoms with Gasteiger partial charge in [0.05, 0.1) is 12.0 Å². The minimum absolute atomic E-state index is 0.172. The number of carbonyl (C=O) groups excluding carboxylic acids is 2. The van der Waals surface area contributed by atoms with Crippen molar-refractivity contribution in [3.05, 3.63) is 46.7 Å². The molecule has 1 aliphatic carbocycles. The van der Waals surface area contributed by atoms with Gasteiger partial charge in [0.25, 0.3) is 0 Å². The van der Waals surface area contributed by atoms with Crippen LogP contribution in [0.4, 0.5) is 9.52 Å². The van der Waals surface area contributed by atoms with Gasteiger partial charge in [-0.05, 0) is 37.5 Å². The highest BCUT2D eigenvalue weighted by atomic mass is 32.1. The molecule has 1 saturated carbocycles. The number of aromatic nitrogens is 1. The largest absolute Gasteiger partial charge is 0.461 e. The Balaban J connectivity index is 1.77. The molecule has 0 saturated heterocycles. The summed E-state index contributed by atoms with van der Waals surface area (Å²) in [5.41, 5.74) is 0.122. The molecule has 0 spiro atoms. The molecule has 1 heterocycles. The van der Waals surface area contributed by atoms with Gasteiger partial charge >= 0.3 is 5.97 Å². The number of anilines is 1. The van der Waals surface area contributed by atoms with Crippen LogP contribution in [0.15, 0.2) is 29.6 Å². The molecule has 0 bridgehead atoms. The average molecular weight is 348 g/mol. The molecule has 1 aliphatic rings. The number of esters is 1. The van der Waals surface area contributed by atoms with Crippen LogP contribution in [0.5, 0.6) is 0 Å². The van der Waals surface area contributed by atoms with Crippen LogP contribution in [0.25, 0.3) is 0 Å². The van der Waals surface area contributed by atoms with E-state index in [4.69, 9.17) is 4.74 Å². The first kappa shape index (κ1) is 16.6. The van der Waals surface area contributed by atoms with Gasteiger partial charge in [0, 0.05) is 5.38 Å². The third-order valence-electron chi connectivity index (χ3n) is 4.23. The summed E-state index contributed by atoms with van der Waals surface area (Å²) in [6.45, 7) is 1.98. The van der Waals surface area contributed by atoms with E-state index in [0.29, 0.717) is 23.5 Å². The van der Waals surface area contributed by atoms with E-state index in [2.05, 4.69) is 10.3 Å². The van der Waals surface area contributed by atoms with Crippen LogP contribution in [-0.4, -0.2) is 23.5 Å². The lowest BCUT2D eigenvalue weighted by molar-refractivity contribution is -0.124. The van der Waals surface area contributed by atoms with Crippen molar-refractivity contribution in [1.29, 1.82) is 0 Å². The molecule has 0 aliphatic heterocycles. The summed E-state index contributed by atoms with van der Waals surface area (Å²) in [7, 11) is 0. The minimum Gasteiger partial charge on any atom is -0.461 e. The van der Waals surface area contributed by atoms with Gasteiger partial charge in [-0.3, -0.25) is 4.79 Å². The lowest BCUT2D eigenvalue weighted by Gasteiger charge is -2.40. The molecule has 7 heteroatoms. The fourth-order valence-corrected chi connectivity index (χ4v) is 3.48.